The standard InChI is InChI=1S/C19H25N3S/c1-23-19-6-4-18(5-7-19)16-22-13-11-21(12-14-22)10-8-17-3-2-9-20-15-17/h2-7,9,15H,8,10-14,16H2,1H3. The lowest BCUT2D eigenvalue weighted by molar-refractivity contribution is 0.128. The highest BCUT2D eigenvalue weighted by molar-refractivity contribution is 7.98. The van der Waals surface area contributed by atoms with E-state index in [9.17, 15) is 0 Å². The second-order valence-electron chi connectivity index (χ2n) is 6.08. The van der Waals surface area contributed by atoms with E-state index >= 15 is 0 Å². The molecule has 2 heterocycles. The summed E-state index contributed by atoms with van der Waals surface area (Å²) in [6.45, 7) is 6.88. The fraction of sp³-hybridized carbons (Fsp3) is 0.421. The van der Waals surface area contributed by atoms with Crippen molar-refractivity contribution in [2.75, 3.05) is 39.0 Å². The van der Waals surface area contributed by atoms with Crippen LogP contribution < -0.4 is 0 Å². The number of hydrogen-bond donors (Lipinski definition) is 0. The number of pyridine rings is 1. The van der Waals surface area contributed by atoms with Gasteiger partial charge in [-0.2, -0.15) is 0 Å². The van der Waals surface area contributed by atoms with Crippen LogP contribution in [0.2, 0.25) is 0 Å². The Bertz CT molecular complexity index is 577. The van der Waals surface area contributed by atoms with E-state index in [1.54, 1.807) is 11.8 Å². The van der Waals surface area contributed by atoms with Crippen molar-refractivity contribution in [3.8, 4) is 0 Å². The molecule has 0 radical (unpaired) electrons. The summed E-state index contributed by atoms with van der Waals surface area (Å²) in [6.07, 6.45) is 7.05. The number of aromatic nitrogens is 1. The molecule has 1 aromatic carbocycles. The van der Waals surface area contributed by atoms with Gasteiger partial charge < -0.3 is 4.90 Å². The summed E-state index contributed by atoms with van der Waals surface area (Å²) in [4.78, 5) is 10.7. The molecule has 23 heavy (non-hydrogen) atoms. The highest BCUT2D eigenvalue weighted by atomic mass is 32.2. The lowest BCUT2D eigenvalue weighted by Gasteiger charge is -2.34. The Morgan fingerprint density at radius 3 is 2.35 bits per heavy atom. The van der Waals surface area contributed by atoms with E-state index in [1.165, 1.54) is 29.1 Å². The molecule has 1 aliphatic rings. The Morgan fingerprint density at radius 2 is 1.70 bits per heavy atom. The van der Waals surface area contributed by atoms with Crippen LogP contribution >= 0.6 is 11.8 Å². The molecule has 0 atom stereocenters. The first kappa shape index (κ1) is 16.5. The van der Waals surface area contributed by atoms with Gasteiger partial charge in [0, 0.05) is 56.6 Å². The van der Waals surface area contributed by atoms with Crippen LogP contribution in [0.5, 0.6) is 0 Å². The van der Waals surface area contributed by atoms with Crippen molar-refractivity contribution in [1.29, 1.82) is 0 Å². The molecule has 3 nitrogen and oxygen atoms in total. The third-order valence-electron chi connectivity index (χ3n) is 4.47. The van der Waals surface area contributed by atoms with Crippen LogP contribution in [0.1, 0.15) is 11.1 Å². The molecule has 1 saturated heterocycles. The molecular weight excluding hydrogens is 302 g/mol. The molecule has 0 saturated carbocycles. The molecule has 122 valence electrons. The smallest absolute Gasteiger partial charge is 0.0300 e. The van der Waals surface area contributed by atoms with Crippen molar-refractivity contribution >= 4 is 11.8 Å². The van der Waals surface area contributed by atoms with Crippen molar-refractivity contribution in [2.24, 2.45) is 0 Å². The molecule has 2 aromatic rings. The molecule has 4 heteroatoms. The SMILES string of the molecule is CSc1ccc(CN2CCN(CCc3cccnc3)CC2)cc1. The topological polar surface area (TPSA) is 19.4 Å². The average molecular weight is 327 g/mol. The number of nitrogens with zero attached hydrogens (tertiary/aromatic N) is 3. The molecule has 0 N–H and O–H groups in total. The first-order valence-electron chi connectivity index (χ1n) is 8.30. The van der Waals surface area contributed by atoms with Crippen LogP contribution in [-0.4, -0.2) is 53.8 Å². The van der Waals surface area contributed by atoms with E-state index in [0.717, 1.165) is 32.6 Å². The number of benzene rings is 1. The minimum atomic E-state index is 1.07. The van der Waals surface area contributed by atoms with Gasteiger partial charge >= 0.3 is 0 Å². The van der Waals surface area contributed by atoms with Crippen molar-refractivity contribution < 1.29 is 0 Å². The maximum atomic E-state index is 4.19. The van der Waals surface area contributed by atoms with Gasteiger partial charge in [-0.1, -0.05) is 18.2 Å². The predicted octanol–water partition coefficient (Wildman–Crippen LogP) is 3.16. The van der Waals surface area contributed by atoms with E-state index in [2.05, 4.69) is 51.4 Å². The lowest BCUT2D eigenvalue weighted by Crippen LogP contribution is -2.46. The molecule has 1 aliphatic heterocycles. The largest absolute Gasteiger partial charge is 0.300 e. The van der Waals surface area contributed by atoms with Gasteiger partial charge in [-0.15, -0.1) is 11.8 Å². The van der Waals surface area contributed by atoms with Crippen molar-refractivity contribution in [3.63, 3.8) is 0 Å². The summed E-state index contributed by atoms with van der Waals surface area (Å²) in [6, 6.07) is 13.2. The van der Waals surface area contributed by atoms with Gasteiger partial charge in [-0.25, -0.2) is 0 Å². The van der Waals surface area contributed by atoms with Crippen molar-refractivity contribution in [3.05, 3.63) is 59.9 Å². The second kappa shape index (κ2) is 8.48. The van der Waals surface area contributed by atoms with Gasteiger partial charge in [0.05, 0.1) is 0 Å². The second-order valence-corrected chi connectivity index (χ2v) is 6.96. The Morgan fingerprint density at radius 1 is 0.957 bits per heavy atom. The summed E-state index contributed by atoms with van der Waals surface area (Å²) < 4.78 is 0. The van der Waals surface area contributed by atoms with Crippen LogP contribution in [-0.2, 0) is 13.0 Å². The first-order chi connectivity index (χ1) is 11.3. The summed E-state index contributed by atoms with van der Waals surface area (Å²) in [5.74, 6) is 0. The molecule has 1 aromatic heterocycles. The van der Waals surface area contributed by atoms with E-state index in [4.69, 9.17) is 0 Å². The number of thioether (sulfide) groups is 1. The molecule has 0 amide bonds. The van der Waals surface area contributed by atoms with E-state index in [1.807, 2.05) is 18.5 Å². The van der Waals surface area contributed by atoms with Crippen molar-refractivity contribution in [2.45, 2.75) is 17.9 Å². The van der Waals surface area contributed by atoms with Crippen LogP contribution in [0.3, 0.4) is 0 Å². The van der Waals surface area contributed by atoms with Gasteiger partial charge in [-0.3, -0.25) is 9.88 Å². The van der Waals surface area contributed by atoms with E-state index in [-0.39, 0.29) is 0 Å². The third kappa shape index (κ3) is 5.06. The monoisotopic (exact) mass is 327 g/mol. The summed E-state index contributed by atoms with van der Waals surface area (Å²) in [5, 5.41) is 0. The van der Waals surface area contributed by atoms with Gasteiger partial charge in [0.15, 0.2) is 0 Å². The van der Waals surface area contributed by atoms with Gasteiger partial charge in [0.2, 0.25) is 0 Å². The zero-order valence-electron chi connectivity index (χ0n) is 13.8. The average Bonchev–Trinajstić information content (AvgIpc) is 2.63. The van der Waals surface area contributed by atoms with Crippen LogP contribution in [0.4, 0.5) is 0 Å². The zero-order valence-corrected chi connectivity index (χ0v) is 14.6. The molecule has 1 fully saturated rings. The van der Waals surface area contributed by atoms with E-state index < -0.39 is 0 Å². The highest BCUT2D eigenvalue weighted by Gasteiger charge is 2.16. The van der Waals surface area contributed by atoms with Gasteiger partial charge in [0.1, 0.15) is 0 Å². The zero-order chi connectivity index (χ0) is 15.9. The van der Waals surface area contributed by atoms with Gasteiger partial charge in [0.25, 0.3) is 0 Å². The molecule has 0 aliphatic carbocycles. The van der Waals surface area contributed by atoms with Crippen LogP contribution in [0.15, 0.2) is 53.7 Å². The highest BCUT2D eigenvalue weighted by Crippen LogP contribution is 2.16. The first-order valence-corrected chi connectivity index (χ1v) is 9.52. The lowest BCUT2D eigenvalue weighted by atomic mass is 10.1. The summed E-state index contributed by atoms with van der Waals surface area (Å²) in [7, 11) is 0. The quantitative estimate of drug-likeness (QED) is 0.759. The van der Waals surface area contributed by atoms with Crippen molar-refractivity contribution in [1.82, 2.24) is 14.8 Å². The molecular formula is C19H25N3S. The Kier molecular flexibility index (Phi) is 6.08. The predicted molar refractivity (Wildman–Crippen MR) is 97.9 cm³/mol. The van der Waals surface area contributed by atoms with E-state index in [0.29, 0.717) is 0 Å². The maximum Gasteiger partial charge on any atom is 0.0300 e. The Labute approximate surface area is 143 Å². The Balaban J connectivity index is 1.41. The Hall–Kier alpha value is -1.36. The molecule has 0 spiro atoms. The normalized spacial score (nSPS) is 16.6. The molecule has 0 bridgehead atoms. The maximum absolute atomic E-state index is 4.19. The fourth-order valence-electron chi connectivity index (χ4n) is 2.99. The van der Waals surface area contributed by atoms with Crippen LogP contribution in [0.25, 0.3) is 0 Å². The molecule has 0 unspecified atom stereocenters. The van der Waals surface area contributed by atoms with Crippen LogP contribution in [0, 0.1) is 0 Å². The van der Waals surface area contributed by atoms with Gasteiger partial charge in [-0.05, 0) is 42.0 Å². The minimum absolute atomic E-state index is 1.07. The third-order valence-corrected chi connectivity index (χ3v) is 5.21. The summed E-state index contributed by atoms with van der Waals surface area (Å²) in [5.41, 5.74) is 2.76. The number of piperazine rings is 1. The fourth-order valence-corrected chi connectivity index (χ4v) is 3.40. The minimum Gasteiger partial charge on any atom is -0.300 e. The molecule has 3 rings (SSSR count). The number of hydrogen-bond acceptors (Lipinski definition) is 4. The summed E-state index contributed by atoms with van der Waals surface area (Å²) >= 11 is 1.80. The number of rotatable bonds is 6.